The molecule has 0 saturated heterocycles. The molecule has 0 spiro atoms. The summed E-state index contributed by atoms with van der Waals surface area (Å²) < 4.78 is 53.8. The number of hydrogen-bond acceptors (Lipinski definition) is 4. The monoisotopic (exact) mass is 1770 g/mol. The molecule has 0 atom stereocenters. The van der Waals surface area contributed by atoms with Crippen LogP contribution >= 0.6 is 47.0 Å². The minimum atomic E-state index is -0.400. The molecule has 30 rings (SSSR count). The Labute approximate surface area is 797 Å². The van der Waals surface area contributed by atoms with Gasteiger partial charge in [0.15, 0.2) is 0 Å². The molecule has 0 aliphatic carbocycles. The lowest BCUT2D eigenvalue weighted by atomic mass is 9.36. The predicted octanol–water partition coefficient (Wildman–Crippen LogP) is 29.9. The van der Waals surface area contributed by atoms with Crippen molar-refractivity contribution in [1.82, 2.24) is 18.3 Å². The Morgan fingerprint density at radius 2 is 0.373 bits per heavy atom. The maximum absolute atomic E-state index is 9.14. The highest BCUT2D eigenvalue weighted by atomic mass is 32.2. The standard InChI is InChI=1S/2C62H37BN2S2/c2*1-2-16-38(17-3-1)60-46-22-4-6-24-48(46)61(49-25-7-5-23-47(49)60)39-34-58-62-59(35-39)67-57-37-41(65-54-28-14-10-20-44(54)45-21-11-15-29-55(45)65)31-33-51(57)63(62)50-32-30-40(36-56(50)66-58)64-52-26-12-8-18-42(52)43-19-9-13-27-53(43)64/h2*1-37H/i1D,2D,3D,16D,17D;. The SMILES string of the molecule is [2H]c1c([2H])c([2H])c(-c2c3ccccc3c(-c3cc4c5c(c3)Sc3cc(-n6c7ccccc7c7ccccc76)ccc3B5c3ccc(-n5c6ccccc6c6ccccc65)cc3S4)c3ccccc23)c([2H])c1[2H].c1ccc(-c2c3ccccc3c(-c3cc4c5c(c3)Sc3cc(-n6c7ccccc7c7ccccc76)ccc3B5c3ccc(-n5c6ccccc6c6ccccc65)cc3S4)c3ccccc23)cc1. The van der Waals surface area contributed by atoms with Crippen LogP contribution in [0.1, 0.15) is 6.85 Å². The van der Waals surface area contributed by atoms with Crippen molar-refractivity contribution in [2.24, 2.45) is 0 Å². The number of para-hydroxylation sites is 8. The van der Waals surface area contributed by atoms with Gasteiger partial charge < -0.3 is 18.3 Å². The largest absolute Gasteiger partial charge is 0.309 e. The van der Waals surface area contributed by atoms with Gasteiger partial charge in [-0.15, -0.1) is 0 Å². The number of nitrogens with zero attached hydrogens (tertiary/aromatic N) is 4. The van der Waals surface area contributed by atoms with Crippen LogP contribution in [-0.4, -0.2) is 31.7 Å². The average Bonchev–Trinajstić information content (AvgIpc) is 0.916. The van der Waals surface area contributed by atoms with Crippen LogP contribution in [-0.2, 0) is 0 Å². The van der Waals surface area contributed by atoms with Crippen LogP contribution in [0, 0.1) is 0 Å². The lowest BCUT2D eigenvalue weighted by Crippen LogP contribution is -2.58. The molecule has 8 heterocycles. The van der Waals surface area contributed by atoms with Gasteiger partial charge in [0.25, 0.3) is 0 Å². The molecular weight excluding hydrogens is 1700 g/mol. The van der Waals surface area contributed by atoms with E-state index in [1.165, 1.54) is 214 Å². The molecule has 0 unspecified atom stereocenters. The van der Waals surface area contributed by atoms with E-state index in [2.05, 4.69) is 400 Å². The van der Waals surface area contributed by atoms with Crippen LogP contribution in [0.4, 0.5) is 0 Å². The number of rotatable bonds is 8. The van der Waals surface area contributed by atoms with Gasteiger partial charge in [-0.25, -0.2) is 0 Å². The highest BCUT2D eigenvalue weighted by Crippen LogP contribution is 2.52. The highest BCUT2D eigenvalue weighted by Gasteiger charge is 2.42. The molecule has 10 heteroatoms. The summed E-state index contributed by atoms with van der Waals surface area (Å²) in [6.45, 7) is 0.0656. The van der Waals surface area contributed by atoms with Crippen molar-refractivity contribution in [3.63, 3.8) is 0 Å². The van der Waals surface area contributed by atoms with Gasteiger partial charge in [-0.2, -0.15) is 0 Å². The topological polar surface area (TPSA) is 19.7 Å². The molecule has 4 aliphatic rings. The van der Waals surface area contributed by atoms with E-state index >= 15 is 0 Å². The molecule has 134 heavy (non-hydrogen) atoms. The van der Waals surface area contributed by atoms with Gasteiger partial charge in [-0.05, 0) is 220 Å². The summed E-state index contributed by atoms with van der Waals surface area (Å²) in [6, 6.07) is 152. The van der Waals surface area contributed by atoms with Crippen molar-refractivity contribution in [3.05, 3.63) is 449 Å². The van der Waals surface area contributed by atoms with E-state index in [1.807, 2.05) is 83.4 Å². The van der Waals surface area contributed by atoms with Gasteiger partial charge in [0, 0.05) is 105 Å². The zero-order valence-corrected chi connectivity index (χ0v) is 75.2. The third-order valence-corrected chi connectivity index (χ3v) is 33.0. The summed E-state index contributed by atoms with van der Waals surface area (Å²) in [5, 5.41) is 18.7. The predicted molar refractivity (Wildman–Crippen MR) is 574 cm³/mol. The van der Waals surface area contributed by atoms with Gasteiger partial charge in [-0.3, -0.25) is 0 Å². The summed E-state index contributed by atoms with van der Waals surface area (Å²) in [4.78, 5) is 10.1. The summed E-state index contributed by atoms with van der Waals surface area (Å²) in [5.41, 5.74) is 30.3. The number of fused-ring (bicyclic) bond motifs is 24. The van der Waals surface area contributed by atoms with E-state index in [9.17, 15) is 0 Å². The van der Waals surface area contributed by atoms with Crippen LogP contribution in [0.5, 0.6) is 0 Å². The fourth-order valence-corrected chi connectivity index (χ4v) is 28.1. The highest BCUT2D eigenvalue weighted by molar-refractivity contribution is 8.02. The molecule has 0 fully saturated rings. The van der Waals surface area contributed by atoms with E-state index < -0.39 is 6.04 Å². The van der Waals surface area contributed by atoms with Gasteiger partial charge >= 0.3 is 0 Å². The third-order valence-electron chi connectivity index (χ3n) is 28.5. The second-order valence-corrected chi connectivity index (χ2v) is 39.8. The molecule has 0 bridgehead atoms. The van der Waals surface area contributed by atoms with Crippen LogP contribution < -0.4 is 32.8 Å². The fraction of sp³-hybridized carbons (Fsp3) is 0. The molecule has 0 amide bonds. The lowest BCUT2D eigenvalue weighted by Gasteiger charge is -2.34. The van der Waals surface area contributed by atoms with Crippen LogP contribution in [0.3, 0.4) is 0 Å². The van der Waals surface area contributed by atoms with Gasteiger partial charge in [0.05, 0.1) is 51.0 Å². The third kappa shape index (κ3) is 11.5. The van der Waals surface area contributed by atoms with E-state index in [0.717, 1.165) is 44.0 Å². The van der Waals surface area contributed by atoms with Crippen molar-refractivity contribution in [2.45, 2.75) is 39.2 Å². The Balaban J connectivity index is 0.000000134. The van der Waals surface area contributed by atoms with E-state index in [-0.39, 0.29) is 43.2 Å². The maximum Gasteiger partial charge on any atom is 0.247 e. The minimum Gasteiger partial charge on any atom is -0.309 e. The van der Waals surface area contributed by atoms with E-state index in [1.54, 1.807) is 0 Å². The number of aromatic nitrogens is 4. The Morgan fingerprint density at radius 1 is 0.172 bits per heavy atom. The van der Waals surface area contributed by atoms with Crippen molar-refractivity contribution in [2.75, 3.05) is 0 Å². The second-order valence-electron chi connectivity index (χ2n) is 35.5. The zero-order chi connectivity index (χ0) is 91.8. The Kier molecular flexibility index (Phi) is 16.0. The van der Waals surface area contributed by atoms with Crippen LogP contribution in [0.15, 0.2) is 488 Å². The van der Waals surface area contributed by atoms with E-state index in [0.29, 0.717) is 5.56 Å². The molecule has 0 radical (unpaired) electrons. The zero-order valence-electron chi connectivity index (χ0n) is 76.9. The first-order chi connectivity index (χ1) is 68.6. The van der Waals surface area contributed by atoms with Gasteiger partial charge in [0.1, 0.15) is 0 Å². The molecule has 4 nitrogen and oxygen atoms in total. The molecule has 22 aromatic carbocycles. The van der Waals surface area contributed by atoms with Crippen molar-refractivity contribution in [1.29, 1.82) is 0 Å². The van der Waals surface area contributed by atoms with Gasteiger partial charge in [0.2, 0.25) is 13.4 Å². The first-order valence-electron chi connectivity index (χ1n) is 48.1. The summed E-state index contributed by atoms with van der Waals surface area (Å²) >= 11 is 7.56. The minimum absolute atomic E-state index is 0.0177. The first kappa shape index (κ1) is 71.4. The fourth-order valence-electron chi connectivity index (χ4n) is 23.0. The second kappa shape index (κ2) is 30.1. The van der Waals surface area contributed by atoms with Crippen molar-refractivity contribution < 1.29 is 6.85 Å². The number of benzene rings is 22. The van der Waals surface area contributed by atoms with Crippen LogP contribution in [0.25, 0.3) is 198 Å². The summed E-state index contributed by atoms with van der Waals surface area (Å²) in [6.07, 6.45) is 0. The molecule has 26 aromatic rings. The lowest BCUT2D eigenvalue weighted by molar-refractivity contribution is 1.16. The van der Waals surface area contributed by atoms with Crippen molar-refractivity contribution in [3.8, 4) is 67.3 Å². The van der Waals surface area contributed by atoms with Crippen molar-refractivity contribution >= 4 is 224 Å². The molecular formula is C124H74B2N4S4. The Hall–Kier alpha value is -15.4. The first-order valence-corrected chi connectivity index (χ1v) is 48.9. The Bertz CT molecular complexity index is 9200. The molecule has 4 aromatic heterocycles. The van der Waals surface area contributed by atoms with E-state index in [4.69, 9.17) is 6.85 Å². The summed E-state index contributed by atoms with van der Waals surface area (Å²) in [7, 11) is 0. The molecule has 620 valence electrons. The normalized spacial score (nSPS) is 13.4. The smallest absolute Gasteiger partial charge is 0.247 e. The quantitative estimate of drug-likeness (QED) is 0.112. The van der Waals surface area contributed by atoms with Gasteiger partial charge in [-0.1, -0.05) is 396 Å². The summed E-state index contributed by atoms with van der Waals surface area (Å²) in [5.74, 6) is 0. The molecule has 0 saturated carbocycles. The van der Waals surface area contributed by atoms with Crippen LogP contribution in [0.2, 0.25) is 0 Å². The molecule has 0 N–H and O–H groups in total. The maximum atomic E-state index is 9.14. The number of hydrogen-bond donors (Lipinski definition) is 0. The Morgan fingerprint density at radius 3 is 0.612 bits per heavy atom. The average molecular weight is 1770 g/mol. The molecule has 4 aliphatic heterocycles.